The van der Waals surface area contributed by atoms with Gasteiger partial charge in [-0.15, -0.1) is 0 Å². The molecule has 2 heterocycles. The van der Waals surface area contributed by atoms with E-state index in [4.69, 9.17) is 4.74 Å². The molecular formula is C16H22N2O2. The third kappa shape index (κ3) is 2.29. The van der Waals surface area contributed by atoms with E-state index in [2.05, 4.69) is 23.6 Å². The standard InChI is InChI=1S/C16H22N2O2/c1-11-16(2,8-10-20-11)18-15(19)13-7-3-5-12-6-4-9-17-14(12)13/h3,5,7,11,17H,4,6,8-10H2,1-2H3,(H,18,19). The molecule has 1 aromatic carbocycles. The summed E-state index contributed by atoms with van der Waals surface area (Å²) < 4.78 is 5.59. The lowest BCUT2D eigenvalue weighted by Crippen LogP contribution is -2.50. The fourth-order valence-electron chi connectivity index (χ4n) is 3.02. The zero-order valence-corrected chi connectivity index (χ0v) is 12.2. The molecule has 1 saturated heterocycles. The van der Waals surface area contributed by atoms with Gasteiger partial charge in [-0.2, -0.15) is 0 Å². The van der Waals surface area contributed by atoms with E-state index in [1.54, 1.807) is 0 Å². The van der Waals surface area contributed by atoms with Crippen molar-refractivity contribution in [1.29, 1.82) is 0 Å². The fourth-order valence-corrected chi connectivity index (χ4v) is 3.02. The Morgan fingerprint density at radius 2 is 2.35 bits per heavy atom. The highest BCUT2D eigenvalue weighted by atomic mass is 16.5. The van der Waals surface area contributed by atoms with E-state index in [1.807, 2.05) is 19.1 Å². The first kappa shape index (κ1) is 13.4. The number of rotatable bonds is 2. The second-order valence-corrected chi connectivity index (χ2v) is 6.00. The minimum absolute atomic E-state index is 0.00361. The van der Waals surface area contributed by atoms with Crippen LogP contribution in [0.25, 0.3) is 0 Å². The van der Waals surface area contributed by atoms with Crippen LogP contribution in [0.2, 0.25) is 0 Å². The highest BCUT2D eigenvalue weighted by molar-refractivity contribution is 6.00. The smallest absolute Gasteiger partial charge is 0.253 e. The van der Waals surface area contributed by atoms with E-state index in [1.165, 1.54) is 5.56 Å². The summed E-state index contributed by atoms with van der Waals surface area (Å²) in [7, 11) is 0. The fraction of sp³-hybridized carbons (Fsp3) is 0.562. The molecule has 0 aromatic heterocycles. The Labute approximate surface area is 119 Å². The third-order valence-electron chi connectivity index (χ3n) is 4.61. The maximum absolute atomic E-state index is 12.6. The molecule has 108 valence electrons. The van der Waals surface area contributed by atoms with Crippen LogP contribution < -0.4 is 10.6 Å². The van der Waals surface area contributed by atoms with Gasteiger partial charge < -0.3 is 15.4 Å². The Bertz CT molecular complexity index is 529. The lowest BCUT2D eigenvalue weighted by Gasteiger charge is -2.30. The lowest BCUT2D eigenvalue weighted by atomic mass is 9.93. The van der Waals surface area contributed by atoms with Gasteiger partial charge in [-0.1, -0.05) is 12.1 Å². The SMILES string of the molecule is CC1OCCC1(C)NC(=O)c1cccc2c1NCCC2. The minimum atomic E-state index is -0.269. The van der Waals surface area contributed by atoms with Crippen molar-refractivity contribution in [2.24, 2.45) is 0 Å². The van der Waals surface area contributed by atoms with Crippen molar-refractivity contribution in [3.63, 3.8) is 0 Å². The van der Waals surface area contributed by atoms with Crippen LogP contribution in [0.5, 0.6) is 0 Å². The molecule has 2 N–H and O–H groups in total. The van der Waals surface area contributed by atoms with Crippen molar-refractivity contribution in [1.82, 2.24) is 5.32 Å². The number of anilines is 1. The van der Waals surface area contributed by atoms with Gasteiger partial charge in [0.15, 0.2) is 0 Å². The van der Waals surface area contributed by atoms with Gasteiger partial charge in [0.2, 0.25) is 0 Å². The number of aryl methyl sites for hydroxylation is 1. The summed E-state index contributed by atoms with van der Waals surface area (Å²) in [6, 6.07) is 5.97. The molecule has 2 unspecified atom stereocenters. The number of hydrogen-bond acceptors (Lipinski definition) is 3. The first-order valence-corrected chi connectivity index (χ1v) is 7.40. The Morgan fingerprint density at radius 1 is 1.50 bits per heavy atom. The average Bonchev–Trinajstić information content (AvgIpc) is 2.77. The van der Waals surface area contributed by atoms with E-state index in [-0.39, 0.29) is 17.6 Å². The van der Waals surface area contributed by atoms with Crippen LogP contribution in [0.4, 0.5) is 5.69 Å². The van der Waals surface area contributed by atoms with Crippen molar-refractivity contribution in [2.75, 3.05) is 18.5 Å². The summed E-state index contributed by atoms with van der Waals surface area (Å²) in [4.78, 5) is 12.6. The number of benzene rings is 1. The Hall–Kier alpha value is -1.55. The summed E-state index contributed by atoms with van der Waals surface area (Å²) in [5, 5.41) is 6.54. The Balaban J connectivity index is 1.84. The van der Waals surface area contributed by atoms with Gasteiger partial charge in [0, 0.05) is 13.2 Å². The monoisotopic (exact) mass is 274 g/mol. The number of amides is 1. The van der Waals surface area contributed by atoms with E-state index >= 15 is 0 Å². The minimum Gasteiger partial charge on any atom is -0.384 e. The molecule has 20 heavy (non-hydrogen) atoms. The number of fused-ring (bicyclic) bond motifs is 1. The van der Waals surface area contributed by atoms with Crippen molar-refractivity contribution in [3.05, 3.63) is 29.3 Å². The van der Waals surface area contributed by atoms with Gasteiger partial charge >= 0.3 is 0 Å². The Kier molecular flexibility index (Phi) is 3.42. The summed E-state index contributed by atoms with van der Waals surface area (Å²) in [6.07, 6.45) is 3.09. The summed E-state index contributed by atoms with van der Waals surface area (Å²) >= 11 is 0. The molecule has 2 aliphatic heterocycles. The lowest BCUT2D eigenvalue weighted by molar-refractivity contribution is 0.0728. The second kappa shape index (κ2) is 5.09. The van der Waals surface area contributed by atoms with Crippen LogP contribution in [0, 0.1) is 0 Å². The molecule has 4 nitrogen and oxygen atoms in total. The van der Waals surface area contributed by atoms with Gasteiger partial charge in [0.1, 0.15) is 0 Å². The highest BCUT2D eigenvalue weighted by Gasteiger charge is 2.38. The summed E-state index contributed by atoms with van der Waals surface area (Å²) in [6.45, 7) is 5.73. The number of hydrogen-bond donors (Lipinski definition) is 2. The van der Waals surface area contributed by atoms with Gasteiger partial charge in [0.25, 0.3) is 5.91 Å². The molecule has 2 aliphatic rings. The van der Waals surface area contributed by atoms with Crippen LogP contribution in [-0.4, -0.2) is 30.7 Å². The van der Waals surface area contributed by atoms with Crippen LogP contribution in [0.15, 0.2) is 18.2 Å². The molecule has 0 aliphatic carbocycles. The number of nitrogens with one attached hydrogen (secondary N) is 2. The first-order valence-electron chi connectivity index (χ1n) is 7.40. The van der Waals surface area contributed by atoms with Crippen molar-refractivity contribution in [3.8, 4) is 0 Å². The maximum Gasteiger partial charge on any atom is 0.253 e. The molecule has 4 heteroatoms. The van der Waals surface area contributed by atoms with Crippen LogP contribution in [0.3, 0.4) is 0 Å². The van der Waals surface area contributed by atoms with Crippen LogP contribution in [-0.2, 0) is 11.2 Å². The molecule has 2 atom stereocenters. The summed E-state index contributed by atoms with van der Waals surface area (Å²) in [5.74, 6) is -0.00361. The molecule has 1 amide bonds. The predicted octanol–water partition coefficient (Wildman–Crippen LogP) is 2.34. The zero-order chi connectivity index (χ0) is 14.2. The number of ether oxygens (including phenoxy) is 1. The topological polar surface area (TPSA) is 50.4 Å². The number of carbonyl (C=O) groups excluding carboxylic acids is 1. The predicted molar refractivity (Wildman–Crippen MR) is 79.2 cm³/mol. The zero-order valence-electron chi connectivity index (χ0n) is 12.2. The normalized spacial score (nSPS) is 28.6. The van der Waals surface area contributed by atoms with Crippen molar-refractivity contribution >= 4 is 11.6 Å². The van der Waals surface area contributed by atoms with Gasteiger partial charge in [-0.25, -0.2) is 0 Å². The molecule has 0 radical (unpaired) electrons. The summed E-state index contributed by atoms with van der Waals surface area (Å²) in [5.41, 5.74) is 2.73. The van der Waals surface area contributed by atoms with Gasteiger partial charge in [0.05, 0.1) is 22.9 Å². The molecule has 0 saturated carbocycles. The highest BCUT2D eigenvalue weighted by Crippen LogP contribution is 2.29. The molecule has 1 aromatic rings. The van der Waals surface area contributed by atoms with Crippen molar-refractivity contribution < 1.29 is 9.53 Å². The first-order chi connectivity index (χ1) is 9.60. The second-order valence-electron chi connectivity index (χ2n) is 6.00. The quantitative estimate of drug-likeness (QED) is 0.870. The number of para-hydroxylation sites is 1. The largest absolute Gasteiger partial charge is 0.384 e. The van der Waals surface area contributed by atoms with Gasteiger partial charge in [-0.3, -0.25) is 4.79 Å². The average molecular weight is 274 g/mol. The van der Waals surface area contributed by atoms with E-state index in [9.17, 15) is 4.79 Å². The maximum atomic E-state index is 12.6. The molecule has 0 spiro atoms. The van der Waals surface area contributed by atoms with Crippen molar-refractivity contribution in [2.45, 2.75) is 44.8 Å². The molecule has 3 rings (SSSR count). The molecular weight excluding hydrogens is 252 g/mol. The molecule has 0 bridgehead atoms. The van der Waals surface area contributed by atoms with E-state index in [0.29, 0.717) is 6.61 Å². The van der Waals surface area contributed by atoms with E-state index < -0.39 is 0 Å². The van der Waals surface area contributed by atoms with Crippen LogP contribution in [0.1, 0.15) is 42.6 Å². The third-order valence-corrected chi connectivity index (χ3v) is 4.61. The number of carbonyl (C=O) groups is 1. The van der Waals surface area contributed by atoms with E-state index in [0.717, 1.165) is 37.1 Å². The van der Waals surface area contributed by atoms with Gasteiger partial charge in [-0.05, 0) is 44.7 Å². The Morgan fingerprint density at radius 3 is 3.10 bits per heavy atom. The molecule has 1 fully saturated rings. The van der Waals surface area contributed by atoms with Crippen LogP contribution >= 0.6 is 0 Å².